The number of rotatable bonds is 10. The number of esters is 1. The molecule has 0 saturated heterocycles. The number of carbonyl (C=O) groups is 2. The van der Waals surface area contributed by atoms with Crippen molar-refractivity contribution in [3.05, 3.63) is 71.3 Å². The number of hydrogen-bond donors (Lipinski definition) is 2. The molecule has 188 valence electrons. The Hall–Kier alpha value is -4.73. The van der Waals surface area contributed by atoms with E-state index < -0.39 is 11.9 Å². The number of nitrogens with one attached hydrogen (secondary N) is 1. The first kappa shape index (κ1) is 25.9. The second-order valence-corrected chi connectivity index (χ2v) is 7.16. The van der Waals surface area contributed by atoms with Crippen LogP contribution in [-0.2, 0) is 0 Å². The fourth-order valence-corrected chi connectivity index (χ4v) is 3.21. The summed E-state index contributed by atoms with van der Waals surface area (Å²) < 4.78 is 27.1. The highest BCUT2D eigenvalue weighted by molar-refractivity contribution is 5.97. The number of para-hydroxylation sites is 1. The molecule has 0 radical (unpaired) electrons. The van der Waals surface area contributed by atoms with Gasteiger partial charge in [0.2, 0.25) is 5.75 Å². The number of aromatic hydroxyl groups is 1. The summed E-state index contributed by atoms with van der Waals surface area (Å²) in [5, 5.41) is 13.7. The van der Waals surface area contributed by atoms with Crippen LogP contribution in [0.1, 0.15) is 33.2 Å². The van der Waals surface area contributed by atoms with Crippen LogP contribution in [-0.4, -0.2) is 51.1 Å². The van der Waals surface area contributed by atoms with E-state index in [1.807, 2.05) is 0 Å². The molecule has 0 spiro atoms. The number of nitrogens with zero attached hydrogens (tertiary/aromatic N) is 1. The van der Waals surface area contributed by atoms with E-state index in [2.05, 4.69) is 10.5 Å². The van der Waals surface area contributed by atoms with E-state index in [0.717, 1.165) is 0 Å². The van der Waals surface area contributed by atoms with Crippen molar-refractivity contribution in [3.8, 4) is 34.5 Å². The molecule has 3 aromatic rings. The molecule has 2 N–H and O–H groups in total. The third-order valence-electron chi connectivity index (χ3n) is 4.90. The maximum absolute atomic E-state index is 12.9. The molecule has 0 aromatic heterocycles. The van der Waals surface area contributed by atoms with Crippen molar-refractivity contribution in [1.29, 1.82) is 0 Å². The highest BCUT2D eigenvalue weighted by Gasteiger charge is 2.20. The maximum atomic E-state index is 12.9. The van der Waals surface area contributed by atoms with Crippen LogP contribution in [0, 0.1) is 0 Å². The summed E-state index contributed by atoms with van der Waals surface area (Å²) in [5.74, 6) is 0.0847. The fourth-order valence-electron chi connectivity index (χ4n) is 3.21. The minimum absolute atomic E-state index is 0.0960. The van der Waals surface area contributed by atoms with Crippen LogP contribution in [0.3, 0.4) is 0 Å². The lowest BCUT2D eigenvalue weighted by molar-refractivity contribution is 0.0727. The van der Waals surface area contributed by atoms with Gasteiger partial charge >= 0.3 is 5.97 Å². The van der Waals surface area contributed by atoms with Crippen LogP contribution in [0.25, 0.3) is 0 Å². The van der Waals surface area contributed by atoms with Gasteiger partial charge in [-0.05, 0) is 55.0 Å². The van der Waals surface area contributed by atoms with Gasteiger partial charge in [0.25, 0.3) is 5.91 Å². The molecular weight excluding hydrogens is 468 g/mol. The van der Waals surface area contributed by atoms with Gasteiger partial charge in [0, 0.05) is 0 Å². The van der Waals surface area contributed by atoms with Crippen molar-refractivity contribution in [2.45, 2.75) is 6.92 Å². The minimum atomic E-state index is -0.661. The number of hydrogen-bond acceptors (Lipinski definition) is 9. The highest BCUT2D eigenvalue weighted by atomic mass is 16.6. The number of methoxy groups -OCH3 is 3. The summed E-state index contributed by atoms with van der Waals surface area (Å²) >= 11 is 0. The van der Waals surface area contributed by atoms with Crippen LogP contribution in [0.5, 0.6) is 34.5 Å². The van der Waals surface area contributed by atoms with E-state index in [-0.39, 0.29) is 22.6 Å². The standard InChI is InChI=1S/C26H26N2O8/c1-5-35-21-12-16(15-27-28-25(30)18-8-6-7-9-19(18)29)10-11-20(21)36-26(31)17-13-22(32-2)24(34-4)23(14-17)33-3/h6-15,29H,5H2,1-4H3,(H,28,30)/b27-15+. The summed E-state index contributed by atoms with van der Waals surface area (Å²) in [6, 6.07) is 13.9. The smallest absolute Gasteiger partial charge is 0.343 e. The Morgan fingerprint density at radius 2 is 1.61 bits per heavy atom. The maximum Gasteiger partial charge on any atom is 0.343 e. The zero-order valence-electron chi connectivity index (χ0n) is 20.2. The van der Waals surface area contributed by atoms with Crippen molar-refractivity contribution >= 4 is 18.1 Å². The molecule has 0 unspecified atom stereocenters. The SMILES string of the molecule is CCOc1cc(/C=N/NC(=O)c2ccccc2O)ccc1OC(=O)c1cc(OC)c(OC)c(OC)c1. The van der Waals surface area contributed by atoms with E-state index in [4.69, 9.17) is 23.7 Å². The molecule has 10 heteroatoms. The number of benzene rings is 3. The van der Waals surface area contributed by atoms with Crippen LogP contribution in [0.4, 0.5) is 0 Å². The van der Waals surface area contributed by atoms with Gasteiger partial charge in [0.15, 0.2) is 23.0 Å². The van der Waals surface area contributed by atoms with Crippen LogP contribution in [0.2, 0.25) is 0 Å². The van der Waals surface area contributed by atoms with Gasteiger partial charge in [-0.3, -0.25) is 4.79 Å². The number of phenols is 1. The first-order valence-corrected chi connectivity index (χ1v) is 10.8. The number of amides is 1. The highest BCUT2D eigenvalue weighted by Crippen LogP contribution is 2.39. The molecule has 1 amide bonds. The Morgan fingerprint density at radius 1 is 0.917 bits per heavy atom. The summed E-state index contributed by atoms with van der Waals surface area (Å²) in [4.78, 5) is 25.1. The van der Waals surface area contributed by atoms with Crippen molar-refractivity contribution in [2.24, 2.45) is 5.10 Å². The zero-order valence-corrected chi connectivity index (χ0v) is 20.2. The quantitative estimate of drug-likeness (QED) is 0.189. The third-order valence-corrected chi connectivity index (χ3v) is 4.90. The van der Waals surface area contributed by atoms with Gasteiger partial charge in [0.05, 0.1) is 45.3 Å². The Labute approximate surface area is 208 Å². The number of hydrazone groups is 1. The molecule has 0 aliphatic heterocycles. The van der Waals surface area contributed by atoms with Crippen molar-refractivity contribution < 1.29 is 38.4 Å². The summed E-state index contributed by atoms with van der Waals surface area (Å²) in [7, 11) is 4.37. The van der Waals surface area contributed by atoms with Crippen molar-refractivity contribution in [1.82, 2.24) is 5.43 Å². The van der Waals surface area contributed by atoms with Crippen molar-refractivity contribution in [2.75, 3.05) is 27.9 Å². The number of ether oxygens (including phenoxy) is 5. The molecule has 0 fully saturated rings. The lowest BCUT2D eigenvalue weighted by Gasteiger charge is -2.15. The van der Waals surface area contributed by atoms with Crippen molar-refractivity contribution in [3.63, 3.8) is 0 Å². The van der Waals surface area contributed by atoms with Gasteiger partial charge in [-0.25, -0.2) is 10.2 Å². The van der Waals surface area contributed by atoms with Gasteiger partial charge in [-0.15, -0.1) is 0 Å². The van der Waals surface area contributed by atoms with Gasteiger partial charge in [0.1, 0.15) is 5.75 Å². The molecule has 0 saturated carbocycles. The van der Waals surface area contributed by atoms with E-state index in [9.17, 15) is 14.7 Å². The molecule has 0 aliphatic rings. The first-order chi connectivity index (χ1) is 17.4. The Balaban J connectivity index is 1.78. The Kier molecular flexibility index (Phi) is 8.71. The average Bonchev–Trinajstić information content (AvgIpc) is 2.89. The normalized spacial score (nSPS) is 10.6. The summed E-state index contributed by atoms with van der Waals surface area (Å²) in [6.07, 6.45) is 1.39. The minimum Gasteiger partial charge on any atom is -0.507 e. The molecule has 36 heavy (non-hydrogen) atoms. The molecule has 3 rings (SSSR count). The topological polar surface area (TPSA) is 125 Å². The lowest BCUT2D eigenvalue weighted by Crippen LogP contribution is -2.17. The number of carbonyl (C=O) groups excluding carboxylic acids is 2. The molecule has 0 bridgehead atoms. The molecular formula is C26H26N2O8. The molecule has 0 heterocycles. The lowest BCUT2D eigenvalue weighted by atomic mass is 10.1. The number of phenolic OH excluding ortho intramolecular Hbond substituents is 1. The largest absolute Gasteiger partial charge is 0.507 e. The zero-order chi connectivity index (χ0) is 26.1. The molecule has 0 aliphatic carbocycles. The second-order valence-electron chi connectivity index (χ2n) is 7.16. The fraction of sp³-hybridized carbons (Fsp3) is 0.192. The second kappa shape index (κ2) is 12.1. The molecule has 0 atom stereocenters. The summed E-state index contributed by atoms with van der Waals surface area (Å²) in [6.45, 7) is 2.11. The average molecular weight is 495 g/mol. The van der Waals surface area contributed by atoms with E-state index >= 15 is 0 Å². The van der Waals surface area contributed by atoms with E-state index in [1.54, 1.807) is 37.3 Å². The van der Waals surface area contributed by atoms with Gasteiger partial charge < -0.3 is 28.8 Å². The predicted molar refractivity (Wildman–Crippen MR) is 132 cm³/mol. The Bertz CT molecular complexity index is 1250. The Morgan fingerprint density at radius 3 is 2.22 bits per heavy atom. The summed E-state index contributed by atoms with van der Waals surface area (Å²) in [5.41, 5.74) is 3.20. The van der Waals surface area contributed by atoms with E-state index in [1.165, 1.54) is 51.8 Å². The third kappa shape index (κ3) is 6.03. The molecule has 3 aromatic carbocycles. The molecule has 10 nitrogen and oxygen atoms in total. The van der Waals surface area contributed by atoms with Gasteiger partial charge in [-0.1, -0.05) is 12.1 Å². The van der Waals surface area contributed by atoms with E-state index in [0.29, 0.717) is 35.2 Å². The van der Waals surface area contributed by atoms with Crippen LogP contribution < -0.4 is 29.1 Å². The van der Waals surface area contributed by atoms with Gasteiger partial charge in [-0.2, -0.15) is 5.10 Å². The van der Waals surface area contributed by atoms with Crippen LogP contribution in [0.15, 0.2) is 59.7 Å². The predicted octanol–water partition coefficient (Wildman–Crippen LogP) is 3.80. The monoisotopic (exact) mass is 494 g/mol. The van der Waals surface area contributed by atoms with Crippen LogP contribution >= 0.6 is 0 Å². The first-order valence-electron chi connectivity index (χ1n) is 10.8.